The summed E-state index contributed by atoms with van der Waals surface area (Å²) in [5.74, 6) is 1.91. The number of hydrogen-bond donors (Lipinski definition) is 1. The van der Waals surface area contributed by atoms with Crippen LogP contribution in [0.3, 0.4) is 0 Å². The van der Waals surface area contributed by atoms with Crippen molar-refractivity contribution in [3.05, 3.63) is 0 Å². The van der Waals surface area contributed by atoms with E-state index in [4.69, 9.17) is 0 Å². The Labute approximate surface area is 120 Å². The quantitative estimate of drug-likeness (QED) is 0.641. The molecule has 0 bridgehead atoms. The maximum Gasteiger partial charge on any atom is 0.0137 e. The van der Waals surface area contributed by atoms with Crippen LogP contribution in [0.2, 0.25) is 0 Å². The molecule has 19 heavy (non-hydrogen) atoms. The van der Waals surface area contributed by atoms with E-state index in [1.807, 2.05) is 0 Å². The number of unbranched alkanes of at least 4 members (excludes halogenated alkanes) is 6. The van der Waals surface area contributed by atoms with Gasteiger partial charge in [0.2, 0.25) is 0 Å². The minimum atomic E-state index is 0.875. The van der Waals surface area contributed by atoms with Gasteiger partial charge in [0.15, 0.2) is 0 Å². The highest BCUT2D eigenvalue weighted by Crippen LogP contribution is 2.34. The molecule has 1 N–H and O–H groups in total. The Kier molecular flexibility index (Phi) is 6.66. The van der Waals surface area contributed by atoms with Crippen LogP contribution in [-0.2, 0) is 0 Å². The molecule has 2 fully saturated rings. The Balaban J connectivity index is 1.58. The van der Waals surface area contributed by atoms with Crippen molar-refractivity contribution in [2.75, 3.05) is 26.2 Å². The van der Waals surface area contributed by atoms with E-state index in [0.717, 1.165) is 17.9 Å². The summed E-state index contributed by atoms with van der Waals surface area (Å²) in [5.41, 5.74) is 0. The maximum atomic E-state index is 3.58. The number of likely N-dealkylation sites (tertiary alicyclic amines) is 1. The highest BCUT2D eigenvalue weighted by atomic mass is 15.2. The Morgan fingerprint density at radius 2 is 1.68 bits per heavy atom. The fraction of sp³-hybridized carbons (Fsp3) is 1.00. The first-order valence-electron chi connectivity index (χ1n) is 8.81. The molecule has 2 aliphatic rings. The van der Waals surface area contributed by atoms with Gasteiger partial charge in [0.1, 0.15) is 0 Å². The van der Waals surface area contributed by atoms with E-state index in [1.54, 1.807) is 0 Å². The van der Waals surface area contributed by atoms with Gasteiger partial charge in [-0.2, -0.15) is 0 Å². The first kappa shape index (κ1) is 15.3. The smallest absolute Gasteiger partial charge is 0.0137 e. The summed E-state index contributed by atoms with van der Waals surface area (Å²) in [6, 6.07) is 0.875. The summed E-state index contributed by atoms with van der Waals surface area (Å²) in [4.78, 5) is 2.81. The third kappa shape index (κ3) is 4.19. The second-order valence-corrected chi connectivity index (χ2v) is 6.67. The van der Waals surface area contributed by atoms with E-state index in [1.165, 1.54) is 77.5 Å². The zero-order valence-electron chi connectivity index (χ0n) is 13.2. The van der Waals surface area contributed by atoms with Crippen molar-refractivity contribution in [1.82, 2.24) is 10.2 Å². The van der Waals surface area contributed by atoms with Crippen LogP contribution in [0.5, 0.6) is 0 Å². The lowest BCUT2D eigenvalue weighted by molar-refractivity contribution is 0.214. The molecule has 0 amide bonds. The lowest BCUT2D eigenvalue weighted by Gasteiger charge is -2.26. The predicted molar refractivity (Wildman–Crippen MR) is 83.5 cm³/mol. The summed E-state index contributed by atoms with van der Waals surface area (Å²) in [7, 11) is 0. The SMILES string of the molecule is CCCCCCCCCN1CC2CNCC2C1CC. The predicted octanol–water partition coefficient (Wildman–Crippen LogP) is 3.67. The average molecular weight is 266 g/mol. The fourth-order valence-electron chi connectivity index (χ4n) is 4.20. The molecule has 2 aliphatic heterocycles. The van der Waals surface area contributed by atoms with Crippen molar-refractivity contribution in [1.29, 1.82) is 0 Å². The van der Waals surface area contributed by atoms with Crippen molar-refractivity contribution < 1.29 is 0 Å². The summed E-state index contributed by atoms with van der Waals surface area (Å²) in [6.45, 7) is 9.95. The number of fused-ring (bicyclic) bond motifs is 1. The van der Waals surface area contributed by atoms with Crippen LogP contribution in [0.4, 0.5) is 0 Å². The van der Waals surface area contributed by atoms with Crippen molar-refractivity contribution in [3.63, 3.8) is 0 Å². The molecule has 2 nitrogen and oxygen atoms in total. The molecule has 0 aromatic heterocycles. The lowest BCUT2D eigenvalue weighted by Crippen LogP contribution is -2.35. The van der Waals surface area contributed by atoms with Gasteiger partial charge in [-0.15, -0.1) is 0 Å². The van der Waals surface area contributed by atoms with Crippen LogP contribution in [0.25, 0.3) is 0 Å². The number of nitrogens with one attached hydrogen (secondary N) is 1. The van der Waals surface area contributed by atoms with Crippen LogP contribution in [0, 0.1) is 11.8 Å². The van der Waals surface area contributed by atoms with E-state index in [-0.39, 0.29) is 0 Å². The Bertz CT molecular complexity index is 241. The van der Waals surface area contributed by atoms with Gasteiger partial charge in [-0.05, 0) is 44.3 Å². The Morgan fingerprint density at radius 1 is 0.947 bits per heavy atom. The molecular weight excluding hydrogens is 232 g/mol. The molecule has 0 radical (unpaired) electrons. The second-order valence-electron chi connectivity index (χ2n) is 6.67. The van der Waals surface area contributed by atoms with Crippen LogP contribution in [0.1, 0.15) is 65.2 Å². The zero-order valence-corrected chi connectivity index (χ0v) is 13.2. The molecule has 0 aliphatic carbocycles. The Morgan fingerprint density at radius 3 is 2.42 bits per heavy atom. The van der Waals surface area contributed by atoms with Gasteiger partial charge in [-0.1, -0.05) is 52.4 Å². The van der Waals surface area contributed by atoms with Crippen molar-refractivity contribution in [2.24, 2.45) is 11.8 Å². The third-order valence-electron chi connectivity index (χ3n) is 5.29. The molecule has 0 saturated carbocycles. The van der Waals surface area contributed by atoms with Gasteiger partial charge >= 0.3 is 0 Å². The van der Waals surface area contributed by atoms with Gasteiger partial charge in [0.05, 0.1) is 0 Å². The molecule has 2 heteroatoms. The molecule has 112 valence electrons. The van der Waals surface area contributed by atoms with Crippen LogP contribution in [-0.4, -0.2) is 37.1 Å². The molecule has 0 aromatic carbocycles. The summed E-state index contributed by atoms with van der Waals surface area (Å²) >= 11 is 0. The largest absolute Gasteiger partial charge is 0.316 e. The second kappa shape index (κ2) is 8.26. The molecular formula is C17H34N2. The van der Waals surface area contributed by atoms with E-state index >= 15 is 0 Å². The van der Waals surface area contributed by atoms with Gasteiger partial charge in [0.25, 0.3) is 0 Å². The average Bonchev–Trinajstić information content (AvgIpc) is 2.97. The minimum Gasteiger partial charge on any atom is -0.316 e. The lowest BCUT2D eigenvalue weighted by atomic mass is 9.93. The van der Waals surface area contributed by atoms with E-state index in [2.05, 4.69) is 24.1 Å². The molecule has 3 unspecified atom stereocenters. The first-order chi connectivity index (χ1) is 9.36. The number of hydrogen-bond acceptors (Lipinski definition) is 2. The van der Waals surface area contributed by atoms with Crippen LogP contribution < -0.4 is 5.32 Å². The van der Waals surface area contributed by atoms with E-state index in [0.29, 0.717) is 0 Å². The molecule has 0 spiro atoms. The van der Waals surface area contributed by atoms with E-state index < -0.39 is 0 Å². The van der Waals surface area contributed by atoms with E-state index in [9.17, 15) is 0 Å². The zero-order chi connectivity index (χ0) is 13.5. The van der Waals surface area contributed by atoms with Gasteiger partial charge < -0.3 is 5.32 Å². The summed E-state index contributed by atoms with van der Waals surface area (Å²) in [6.07, 6.45) is 11.4. The molecule has 2 heterocycles. The standard InChI is InChI=1S/C17H34N2/c1-3-5-6-7-8-9-10-11-19-14-15-12-18-13-16(15)17(19)4-2/h15-18H,3-14H2,1-2H3. The molecule has 2 rings (SSSR count). The van der Waals surface area contributed by atoms with Gasteiger partial charge in [-0.25, -0.2) is 0 Å². The minimum absolute atomic E-state index is 0.875. The highest BCUT2D eigenvalue weighted by molar-refractivity contribution is 4.97. The van der Waals surface area contributed by atoms with Gasteiger partial charge in [-0.3, -0.25) is 4.90 Å². The monoisotopic (exact) mass is 266 g/mol. The maximum absolute atomic E-state index is 3.58. The highest BCUT2D eigenvalue weighted by Gasteiger charge is 2.42. The van der Waals surface area contributed by atoms with Gasteiger partial charge in [0, 0.05) is 12.6 Å². The van der Waals surface area contributed by atoms with Crippen LogP contribution >= 0.6 is 0 Å². The van der Waals surface area contributed by atoms with Crippen LogP contribution in [0.15, 0.2) is 0 Å². The van der Waals surface area contributed by atoms with Crippen molar-refractivity contribution >= 4 is 0 Å². The van der Waals surface area contributed by atoms with Crippen molar-refractivity contribution in [3.8, 4) is 0 Å². The first-order valence-corrected chi connectivity index (χ1v) is 8.81. The normalized spacial score (nSPS) is 30.9. The molecule has 3 atom stereocenters. The fourth-order valence-corrected chi connectivity index (χ4v) is 4.20. The number of rotatable bonds is 9. The van der Waals surface area contributed by atoms with Crippen molar-refractivity contribution in [2.45, 2.75) is 71.3 Å². The summed E-state index contributed by atoms with van der Waals surface area (Å²) < 4.78 is 0. The molecule has 2 saturated heterocycles. The summed E-state index contributed by atoms with van der Waals surface area (Å²) in [5, 5.41) is 3.58. The Hall–Kier alpha value is -0.0800. The number of nitrogens with zero attached hydrogens (tertiary/aromatic N) is 1. The molecule has 0 aromatic rings. The third-order valence-corrected chi connectivity index (χ3v) is 5.29. The topological polar surface area (TPSA) is 15.3 Å².